The maximum atomic E-state index is 11.9. The molecule has 1 fully saturated rings. The van der Waals surface area contributed by atoms with Crippen molar-refractivity contribution in [2.24, 2.45) is 0 Å². The first kappa shape index (κ1) is 20.4. The van der Waals surface area contributed by atoms with Gasteiger partial charge in [-0.1, -0.05) is 12.1 Å². The highest BCUT2D eigenvalue weighted by atomic mass is 32.1. The molecule has 150 valence electrons. The van der Waals surface area contributed by atoms with Crippen molar-refractivity contribution in [3.8, 4) is 10.4 Å². The Morgan fingerprint density at radius 2 is 2.21 bits per heavy atom. The first-order valence-electron chi connectivity index (χ1n) is 9.20. The highest BCUT2D eigenvalue weighted by molar-refractivity contribution is 7.15. The molecule has 0 aliphatic carbocycles. The van der Waals surface area contributed by atoms with Crippen LogP contribution in [0.4, 0.5) is 5.69 Å². The molecule has 0 amide bonds. The number of aryl methyl sites for hydroxylation is 1. The number of benzene rings is 1. The molecule has 3 rings (SSSR count). The van der Waals surface area contributed by atoms with E-state index in [9.17, 15) is 14.9 Å². The minimum Gasteiger partial charge on any atom is -0.465 e. The molecule has 1 aliphatic rings. The third-order valence-corrected chi connectivity index (χ3v) is 5.79. The van der Waals surface area contributed by atoms with Gasteiger partial charge in [-0.05, 0) is 38.3 Å². The molecule has 1 saturated heterocycles. The minimum atomic E-state index is -0.445. The molecule has 0 N–H and O–H groups in total. The number of hydrogen-bond donors (Lipinski definition) is 0. The van der Waals surface area contributed by atoms with Crippen LogP contribution < -0.4 is 0 Å². The zero-order chi connectivity index (χ0) is 20.1. The highest BCUT2D eigenvalue weighted by Crippen LogP contribution is 2.39. The summed E-state index contributed by atoms with van der Waals surface area (Å²) in [4.78, 5) is 24.8. The second-order valence-corrected chi connectivity index (χ2v) is 7.82. The van der Waals surface area contributed by atoms with Crippen molar-refractivity contribution in [3.63, 3.8) is 0 Å². The molecule has 2 aromatic rings. The van der Waals surface area contributed by atoms with Crippen molar-refractivity contribution in [1.82, 2.24) is 0 Å². The van der Waals surface area contributed by atoms with Gasteiger partial charge in [0.1, 0.15) is 0 Å². The zero-order valence-electron chi connectivity index (χ0n) is 15.9. The summed E-state index contributed by atoms with van der Waals surface area (Å²) in [7, 11) is 1.32. The third kappa shape index (κ3) is 4.57. The van der Waals surface area contributed by atoms with E-state index in [1.54, 1.807) is 31.2 Å². The predicted octanol–water partition coefficient (Wildman–Crippen LogP) is 4.50. The summed E-state index contributed by atoms with van der Waals surface area (Å²) in [5.74, 6) is -0.445. The molecule has 7 nitrogen and oxygen atoms in total. The first-order chi connectivity index (χ1) is 13.5. The van der Waals surface area contributed by atoms with Gasteiger partial charge in [-0.15, -0.1) is 11.3 Å². The molecule has 2 heterocycles. The van der Waals surface area contributed by atoms with Gasteiger partial charge < -0.3 is 14.2 Å². The Labute approximate surface area is 167 Å². The van der Waals surface area contributed by atoms with Crippen LogP contribution in [0.15, 0.2) is 24.3 Å². The number of hydrogen-bond acceptors (Lipinski definition) is 7. The van der Waals surface area contributed by atoms with E-state index in [1.165, 1.54) is 18.4 Å². The van der Waals surface area contributed by atoms with E-state index in [0.717, 1.165) is 24.1 Å². The molecule has 0 spiro atoms. The van der Waals surface area contributed by atoms with Gasteiger partial charge in [-0.25, -0.2) is 4.79 Å². The number of nitro groups is 1. The smallest absolute Gasteiger partial charge is 0.338 e. The lowest BCUT2D eigenvalue weighted by atomic mass is 10.0. The summed E-state index contributed by atoms with van der Waals surface area (Å²) in [6.07, 6.45) is 3.16. The topological polar surface area (TPSA) is 87.9 Å². The van der Waals surface area contributed by atoms with E-state index in [-0.39, 0.29) is 16.9 Å². The summed E-state index contributed by atoms with van der Waals surface area (Å²) in [5, 5.41) is 11.8. The maximum absolute atomic E-state index is 11.9. The molecule has 1 aromatic carbocycles. The molecule has 0 saturated carbocycles. The normalized spacial score (nSPS) is 16.7. The first-order valence-corrected chi connectivity index (χ1v) is 10.0. The number of nitrogens with zero attached hydrogens (tertiary/aromatic N) is 1. The predicted molar refractivity (Wildman–Crippen MR) is 106 cm³/mol. The third-order valence-electron chi connectivity index (χ3n) is 4.70. The summed E-state index contributed by atoms with van der Waals surface area (Å²) in [6.45, 7) is 2.85. The molecule has 8 heteroatoms. The van der Waals surface area contributed by atoms with Crippen LogP contribution in [0.1, 0.15) is 40.1 Å². The van der Waals surface area contributed by atoms with Gasteiger partial charge in [0.2, 0.25) is 0 Å². The molecule has 0 radical (unpaired) electrons. The van der Waals surface area contributed by atoms with Crippen molar-refractivity contribution in [1.29, 1.82) is 0 Å². The van der Waals surface area contributed by atoms with Gasteiger partial charge in [0, 0.05) is 28.3 Å². The van der Waals surface area contributed by atoms with Crippen LogP contribution in [-0.4, -0.2) is 37.5 Å². The number of rotatable bonds is 7. The van der Waals surface area contributed by atoms with Gasteiger partial charge in [0.15, 0.2) is 6.29 Å². The van der Waals surface area contributed by atoms with Gasteiger partial charge in [0.25, 0.3) is 5.69 Å². The Hall–Kier alpha value is -2.29. The summed E-state index contributed by atoms with van der Waals surface area (Å²) >= 11 is 1.34. The van der Waals surface area contributed by atoms with E-state index < -0.39 is 5.97 Å². The minimum absolute atomic E-state index is 0.0494. The van der Waals surface area contributed by atoms with Gasteiger partial charge in [0.05, 0.1) is 29.8 Å². The molecule has 28 heavy (non-hydrogen) atoms. The quantitative estimate of drug-likeness (QED) is 0.383. The Bertz CT molecular complexity index is 856. The van der Waals surface area contributed by atoms with Crippen molar-refractivity contribution >= 4 is 23.0 Å². The molecule has 1 unspecified atom stereocenters. The van der Waals surface area contributed by atoms with Gasteiger partial charge >= 0.3 is 5.97 Å². The standard InChI is InChI=1S/C20H23NO6S/c1-13-16(20(22)25-2)12-17(28-13)15-7-5-6-14(19(15)21(23)24)9-11-27-18-8-3-4-10-26-18/h5-7,12,18H,3-4,8-11H2,1-2H3. The van der Waals surface area contributed by atoms with Crippen molar-refractivity contribution in [3.05, 3.63) is 50.4 Å². The number of esters is 1. The van der Waals surface area contributed by atoms with Crippen LogP contribution in [-0.2, 0) is 20.6 Å². The fourth-order valence-corrected chi connectivity index (χ4v) is 4.31. The summed E-state index contributed by atoms with van der Waals surface area (Å²) in [6, 6.07) is 6.90. The lowest BCUT2D eigenvalue weighted by Crippen LogP contribution is -2.23. The van der Waals surface area contributed by atoms with E-state index in [0.29, 0.717) is 41.2 Å². The number of para-hydroxylation sites is 1. The Kier molecular flexibility index (Phi) is 6.77. The number of nitro benzene ring substituents is 1. The van der Waals surface area contributed by atoms with E-state index >= 15 is 0 Å². The van der Waals surface area contributed by atoms with Crippen LogP contribution in [0.3, 0.4) is 0 Å². The fourth-order valence-electron chi connectivity index (χ4n) is 3.28. The van der Waals surface area contributed by atoms with Crippen LogP contribution in [0, 0.1) is 17.0 Å². The van der Waals surface area contributed by atoms with Gasteiger partial charge in [-0.2, -0.15) is 0 Å². The SMILES string of the molecule is COC(=O)c1cc(-c2cccc(CCOC3CCCCO3)c2[N+](=O)[O-])sc1C. The van der Waals surface area contributed by atoms with Crippen LogP contribution in [0.25, 0.3) is 10.4 Å². The van der Waals surface area contributed by atoms with E-state index in [4.69, 9.17) is 14.2 Å². The molecule has 1 aliphatic heterocycles. The van der Waals surface area contributed by atoms with E-state index in [2.05, 4.69) is 0 Å². The van der Waals surface area contributed by atoms with Crippen molar-refractivity contribution in [2.75, 3.05) is 20.3 Å². The molecular formula is C20H23NO6S. The van der Waals surface area contributed by atoms with Crippen LogP contribution >= 0.6 is 11.3 Å². The summed E-state index contributed by atoms with van der Waals surface area (Å²) in [5.41, 5.74) is 1.58. The average molecular weight is 405 g/mol. The summed E-state index contributed by atoms with van der Waals surface area (Å²) < 4.78 is 16.1. The van der Waals surface area contributed by atoms with Crippen molar-refractivity contribution < 1.29 is 23.9 Å². The zero-order valence-corrected chi connectivity index (χ0v) is 16.8. The molecule has 1 aromatic heterocycles. The van der Waals surface area contributed by atoms with Crippen LogP contribution in [0.2, 0.25) is 0 Å². The number of methoxy groups -OCH3 is 1. The Balaban J connectivity index is 1.83. The number of carbonyl (C=O) groups is 1. The molecule has 0 bridgehead atoms. The second-order valence-electron chi connectivity index (χ2n) is 6.56. The van der Waals surface area contributed by atoms with Gasteiger partial charge in [-0.3, -0.25) is 10.1 Å². The fraction of sp³-hybridized carbons (Fsp3) is 0.450. The number of carbonyl (C=O) groups excluding carboxylic acids is 1. The Morgan fingerprint density at radius 3 is 2.89 bits per heavy atom. The largest absolute Gasteiger partial charge is 0.465 e. The lowest BCUT2D eigenvalue weighted by Gasteiger charge is -2.22. The highest BCUT2D eigenvalue weighted by Gasteiger charge is 2.24. The van der Waals surface area contributed by atoms with Crippen LogP contribution in [0.5, 0.6) is 0 Å². The number of thiophene rings is 1. The Morgan fingerprint density at radius 1 is 1.39 bits per heavy atom. The molecular weight excluding hydrogens is 382 g/mol. The maximum Gasteiger partial charge on any atom is 0.338 e. The monoisotopic (exact) mass is 405 g/mol. The molecule has 1 atom stereocenters. The lowest BCUT2D eigenvalue weighted by molar-refractivity contribution is -0.384. The second kappa shape index (κ2) is 9.27. The average Bonchev–Trinajstić information content (AvgIpc) is 3.09. The van der Waals surface area contributed by atoms with E-state index in [1.807, 2.05) is 0 Å². The van der Waals surface area contributed by atoms with Crippen molar-refractivity contribution in [2.45, 2.75) is 38.9 Å². The number of ether oxygens (including phenoxy) is 3.